The molecule has 0 fully saturated rings. The first-order valence-corrected chi connectivity index (χ1v) is 5.84. The summed E-state index contributed by atoms with van der Waals surface area (Å²) in [6.07, 6.45) is 0. The lowest BCUT2D eigenvalue weighted by Crippen LogP contribution is -1.90. The van der Waals surface area contributed by atoms with Crippen LogP contribution in [0.4, 0.5) is 11.4 Å². The summed E-state index contributed by atoms with van der Waals surface area (Å²) in [5, 5.41) is 8.78. The van der Waals surface area contributed by atoms with Crippen LogP contribution in [0, 0.1) is 11.3 Å². The molecule has 0 saturated heterocycles. The average molecular weight is 241 g/mol. The lowest BCUT2D eigenvalue weighted by atomic mass is 10.2. The summed E-state index contributed by atoms with van der Waals surface area (Å²) in [7, 11) is 0. The monoisotopic (exact) mass is 241 g/mol. The van der Waals surface area contributed by atoms with Gasteiger partial charge in [0.1, 0.15) is 6.07 Å². The molecule has 0 heterocycles. The molecule has 0 aliphatic carbocycles. The number of nitrogen functional groups attached to an aromatic ring is 2. The van der Waals surface area contributed by atoms with E-state index in [4.69, 9.17) is 16.7 Å². The van der Waals surface area contributed by atoms with E-state index in [1.807, 2.05) is 36.4 Å². The number of nitriles is 1. The van der Waals surface area contributed by atoms with Gasteiger partial charge in [-0.1, -0.05) is 11.8 Å². The molecule has 4 N–H and O–H groups in total. The molecule has 2 aromatic rings. The maximum absolute atomic E-state index is 8.78. The molecule has 0 spiro atoms. The molecule has 0 unspecified atom stereocenters. The summed E-state index contributed by atoms with van der Waals surface area (Å²) in [6, 6.07) is 15.1. The molecule has 0 aromatic heterocycles. The molecule has 0 aliphatic heterocycles. The van der Waals surface area contributed by atoms with E-state index in [2.05, 4.69) is 0 Å². The molecular weight excluding hydrogens is 230 g/mol. The minimum atomic E-state index is 0.506. The van der Waals surface area contributed by atoms with Gasteiger partial charge in [0.05, 0.1) is 11.3 Å². The van der Waals surface area contributed by atoms with Crippen LogP contribution in [0.3, 0.4) is 0 Å². The van der Waals surface area contributed by atoms with E-state index in [1.54, 1.807) is 23.9 Å². The second-order valence-corrected chi connectivity index (χ2v) is 4.68. The molecule has 2 rings (SSSR count). The number of nitrogens with two attached hydrogens (primary N) is 2. The topological polar surface area (TPSA) is 75.8 Å². The van der Waals surface area contributed by atoms with Crippen LogP contribution in [0.25, 0.3) is 0 Å². The zero-order chi connectivity index (χ0) is 12.3. The van der Waals surface area contributed by atoms with Gasteiger partial charge in [0.15, 0.2) is 0 Å². The van der Waals surface area contributed by atoms with Gasteiger partial charge in [-0.25, -0.2) is 0 Å². The summed E-state index contributed by atoms with van der Waals surface area (Å²) in [5.41, 5.74) is 13.1. The van der Waals surface area contributed by atoms with Crippen molar-refractivity contribution in [2.24, 2.45) is 0 Å². The van der Waals surface area contributed by atoms with Gasteiger partial charge in [0.25, 0.3) is 0 Å². The first-order chi connectivity index (χ1) is 8.19. The van der Waals surface area contributed by atoms with E-state index in [9.17, 15) is 0 Å². The Balaban J connectivity index is 2.22. The minimum absolute atomic E-state index is 0.506. The Labute approximate surface area is 104 Å². The third-order valence-corrected chi connectivity index (χ3v) is 3.26. The third-order valence-electron chi connectivity index (χ3n) is 2.26. The van der Waals surface area contributed by atoms with Crippen molar-refractivity contribution in [3.63, 3.8) is 0 Å². The van der Waals surface area contributed by atoms with E-state index in [1.165, 1.54) is 0 Å². The summed E-state index contributed by atoms with van der Waals surface area (Å²) in [4.78, 5) is 2.09. The van der Waals surface area contributed by atoms with Crippen LogP contribution >= 0.6 is 11.8 Å². The summed E-state index contributed by atoms with van der Waals surface area (Å²) < 4.78 is 0. The molecule has 2 aromatic carbocycles. The summed E-state index contributed by atoms with van der Waals surface area (Å²) in [5.74, 6) is 0. The van der Waals surface area contributed by atoms with Gasteiger partial charge < -0.3 is 11.5 Å². The van der Waals surface area contributed by atoms with Gasteiger partial charge in [0.2, 0.25) is 0 Å². The molecule has 0 amide bonds. The van der Waals surface area contributed by atoms with E-state index >= 15 is 0 Å². The van der Waals surface area contributed by atoms with Crippen LogP contribution in [0.15, 0.2) is 52.3 Å². The fourth-order valence-electron chi connectivity index (χ4n) is 1.38. The maximum atomic E-state index is 8.78. The van der Waals surface area contributed by atoms with Crippen LogP contribution < -0.4 is 11.5 Å². The van der Waals surface area contributed by atoms with Gasteiger partial charge >= 0.3 is 0 Å². The third kappa shape index (κ3) is 2.71. The van der Waals surface area contributed by atoms with Crippen molar-refractivity contribution >= 4 is 23.1 Å². The van der Waals surface area contributed by atoms with Crippen LogP contribution in [0.1, 0.15) is 5.56 Å². The van der Waals surface area contributed by atoms with E-state index < -0.39 is 0 Å². The zero-order valence-electron chi connectivity index (χ0n) is 9.05. The van der Waals surface area contributed by atoms with Gasteiger partial charge in [-0.05, 0) is 42.5 Å². The Morgan fingerprint density at radius 2 is 1.59 bits per heavy atom. The molecule has 84 valence electrons. The first kappa shape index (κ1) is 11.4. The van der Waals surface area contributed by atoms with Crippen molar-refractivity contribution < 1.29 is 0 Å². The van der Waals surface area contributed by atoms with Crippen molar-refractivity contribution in [2.75, 3.05) is 11.5 Å². The highest BCUT2D eigenvalue weighted by Crippen LogP contribution is 2.30. The predicted molar refractivity (Wildman–Crippen MR) is 70.5 cm³/mol. The summed E-state index contributed by atoms with van der Waals surface area (Å²) >= 11 is 1.58. The number of rotatable bonds is 2. The van der Waals surface area contributed by atoms with Crippen LogP contribution in [-0.2, 0) is 0 Å². The smallest absolute Gasteiger partial charge is 0.101 e. The number of hydrogen-bond donors (Lipinski definition) is 2. The normalized spacial score (nSPS) is 9.82. The highest BCUT2D eigenvalue weighted by molar-refractivity contribution is 7.99. The van der Waals surface area contributed by atoms with E-state index in [0.29, 0.717) is 11.3 Å². The molecule has 3 nitrogen and oxygen atoms in total. The molecule has 4 heteroatoms. The van der Waals surface area contributed by atoms with Crippen LogP contribution in [-0.4, -0.2) is 0 Å². The van der Waals surface area contributed by atoms with Crippen molar-refractivity contribution in [2.45, 2.75) is 9.79 Å². The van der Waals surface area contributed by atoms with Crippen molar-refractivity contribution in [3.8, 4) is 6.07 Å². The molecule has 0 atom stereocenters. The van der Waals surface area contributed by atoms with Gasteiger partial charge in [-0.15, -0.1) is 0 Å². The largest absolute Gasteiger partial charge is 0.399 e. The zero-order valence-corrected chi connectivity index (χ0v) is 9.87. The van der Waals surface area contributed by atoms with Crippen LogP contribution in [0.2, 0.25) is 0 Å². The Kier molecular flexibility index (Phi) is 3.22. The number of hydrogen-bond acceptors (Lipinski definition) is 4. The average Bonchev–Trinajstić information content (AvgIpc) is 2.32. The highest BCUT2D eigenvalue weighted by Gasteiger charge is 2.01. The van der Waals surface area contributed by atoms with Crippen molar-refractivity contribution in [3.05, 3.63) is 48.0 Å². The molecule has 0 saturated carbocycles. The predicted octanol–water partition coefficient (Wildman–Crippen LogP) is 2.87. The molecule has 0 radical (unpaired) electrons. The van der Waals surface area contributed by atoms with Gasteiger partial charge in [0, 0.05) is 15.5 Å². The van der Waals surface area contributed by atoms with E-state index in [0.717, 1.165) is 15.5 Å². The second-order valence-electron chi connectivity index (χ2n) is 3.53. The number of benzene rings is 2. The quantitative estimate of drug-likeness (QED) is 0.793. The highest BCUT2D eigenvalue weighted by atomic mass is 32.2. The molecule has 0 aliphatic rings. The fourth-order valence-corrected chi connectivity index (χ4v) is 2.24. The Morgan fingerprint density at radius 3 is 2.18 bits per heavy atom. The fraction of sp³-hybridized carbons (Fsp3) is 0. The van der Waals surface area contributed by atoms with Gasteiger partial charge in [-0.2, -0.15) is 5.26 Å². The van der Waals surface area contributed by atoms with Crippen molar-refractivity contribution in [1.82, 2.24) is 0 Å². The van der Waals surface area contributed by atoms with E-state index in [-0.39, 0.29) is 0 Å². The lowest BCUT2D eigenvalue weighted by molar-refractivity contribution is 1.39. The molecular formula is C13H11N3S. The second kappa shape index (κ2) is 4.81. The Morgan fingerprint density at radius 1 is 0.941 bits per heavy atom. The molecule has 17 heavy (non-hydrogen) atoms. The SMILES string of the molecule is N#Cc1ccc(Sc2ccc(N)cc2)cc1N. The Bertz CT molecular complexity index is 570. The van der Waals surface area contributed by atoms with Crippen LogP contribution in [0.5, 0.6) is 0 Å². The minimum Gasteiger partial charge on any atom is -0.399 e. The standard InChI is InChI=1S/C13H11N3S/c14-8-9-1-4-12(7-13(9)16)17-11-5-2-10(15)3-6-11/h1-7H,15-16H2. The van der Waals surface area contributed by atoms with Crippen molar-refractivity contribution in [1.29, 1.82) is 5.26 Å². The lowest BCUT2D eigenvalue weighted by Gasteiger charge is -2.04. The van der Waals surface area contributed by atoms with Gasteiger partial charge in [-0.3, -0.25) is 0 Å². The first-order valence-electron chi connectivity index (χ1n) is 5.02. The number of nitrogens with zero attached hydrogens (tertiary/aromatic N) is 1. The maximum Gasteiger partial charge on any atom is 0.101 e. The summed E-state index contributed by atoms with van der Waals surface area (Å²) in [6.45, 7) is 0. The Hall–Kier alpha value is -2.12. The number of anilines is 2. The molecule has 0 bridgehead atoms.